The Hall–Kier alpha value is -2.56. The van der Waals surface area contributed by atoms with E-state index in [-0.39, 0.29) is 17.9 Å². The van der Waals surface area contributed by atoms with Crippen molar-refractivity contribution in [2.24, 2.45) is 0 Å². The molecule has 0 aliphatic rings. The molecule has 1 unspecified atom stereocenters. The van der Waals surface area contributed by atoms with Crippen molar-refractivity contribution in [2.45, 2.75) is 19.5 Å². The molecule has 122 valence electrons. The molecule has 0 saturated carbocycles. The molecule has 2 rings (SSSR count). The smallest absolute Gasteiger partial charge is 0.317 e. The highest BCUT2D eigenvalue weighted by atomic mass is 19.1. The van der Waals surface area contributed by atoms with Gasteiger partial charge in [0.05, 0.1) is 13.2 Å². The number of methoxy groups -OCH3 is 1. The highest BCUT2D eigenvalue weighted by molar-refractivity contribution is 5.74. The molecule has 0 saturated heterocycles. The lowest BCUT2D eigenvalue weighted by Gasteiger charge is -2.25. The van der Waals surface area contributed by atoms with Crippen LogP contribution in [0.1, 0.15) is 24.1 Å². The summed E-state index contributed by atoms with van der Waals surface area (Å²) in [7, 11) is 3.32. The number of nitrogens with one attached hydrogen (secondary N) is 1. The van der Waals surface area contributed by atoms with Gasteiger partial charge >= 0.3 is 6.03 Å². The molecule has 23 heavy (non-hydrogen) atoms. The number of amides is 2. The monoisotopic (exact) mass is 316 g/mol. The molecule has 0 fully saturated rings. The molecule has 1 N–H and O–H groups in total. The Balaban J connectivity index is 1.95. The molecule has 0 aromatic heterocycles. The third kappa shape index (κ3) is 4.45. The van der Waals surface area contributed by atoms with Gasteiger partial charge in [-0.15, -0.1) is 0 Å². The zero-order valence-electron chi connectivity index (χ0n) is 13.5. The van der Waals surface area contributed by atoms with Crippen molar-refractivity contribution in [3.8, 4) is 5.75 Å². The zero-order valence-corrected chi connectivity index (χ0v) is 13.5. The first-order chi connectivity index (χ1) is 11.0. The van der Waals surface area contributed by atoms with Crippen LogP contribution in [0.25, 0.3) is 0 Å². The van der Waals surface area contributed by atoms with Crippen LogP contribution in [-0.4, -0.2) is 25.1 Å². The van der Waals surface area contributed by atoms with Gasteiger partial charge in [-0.25, -0.2) is 9.18 Å². The summed E-state index contributed by atoms with van der Waals surface area (Å²) in [5, 5.41) is 2.87. The fraction of sp³-hybridized carbons (Fsp3) is 0.278. The van der Waals surface area contributed by atoms with Gasteiger partial charge in [-0.05, 0) is 42.3 Å². The molecule has 2 aromatic rings. The normalized spacial score (nSPS) is 11.7. The molecule has 2 amide bonds. The second-order valence-corrected chi connectivity index (χ2v) is 5.35. The predicted octanol–water partition coefficient (Wildman–Crippen LogP) is 3.74. The largest absolute Gasteiger partial charge is 0.497 e. The molecule has 0 aliphatic carbocycles. The van der Waals surface area contributed by atoms with E-state index in [9.17, 15) is 9.18 Å². The van der Waals surface area contributed by atoms with E-state index in [1.165, 1.54) is 12.1 Å². The van der Waals surface area contributed by atoms with Crippen molar-refractivity contribution < 1.29 is 13.9 Å². The third-order valence-corrected chi connectivity index (χ3v) is 3.83. The van der Waals surface area contributed by atoms with Crippen LogP contribution in [0.5, 0.6) is 5.75 Å². The molecule has 0 heterocycles. The number of rotatable bonds is 5. The number of carbonyl (C=O) groups is 1. The van der Waals surface area contributed by atoms with E-state index in [2.05, 4.69) is 5.32 Å². The van der Waals surface area contributed by atoms with Crippen LogP contribution >= 0.6 is 0 Å². The first kappa shape index (κ1) is 16.8. The molecule has 0 spiro atoms. The highest BCUT2D eigenvalue weighted by Gasteiger charge is 2.17. The van der Waals surface area contributed by atoms with Gasteiger partial charge < -0.3 is 15.0 Å². The summed E-state index contributed by atoms with van der Waals surface area (Å²) >= 11 is 0. The lowest BCUT2D eigenvalue weighted by Crippen LogP contribution is -2.38. The standard InChI is InChI=1S/C18H21FN2O2/c1-13(15-7-9-16(19)10-8-15)21(2)18(22)20-12-14-5-4-6-17(11-14)23-3/h4-11,13H,12H2,1-3H3,(H,20,22). The Bertz CT molecular complexity index is 658. The number of hydrogen-bond donors (Lipinski definition) is 1. The maximum Gasteiger partial charge on any atom is 0.317 e. The first-order valence-corrected chi connectivity index (χ1v) is 7.40. The zero-order chi connectivity index (χ0) is 16.8. The predicted molar refractivity (Wildman–Crippen MR) is 87.8 cm³/mol. The number of hydrogen-bond acceptors (Lipinski definition) is 2. The van der Waals surface area contributed by atoms with Gasteiger partial charge in [0.15, 0.2) is 0 Å². The van der Waals surface area contributed by atoms with E-state index in [1.807, 2.05) is 31.2 Å². The van der Waals surface area contributed by atoms with Gasteiger partial charge in [-0.2, -0.15) is 0 Å². The number of urea groups is 1. The Morgan fingerprint density at radius 3 is 2.61 bits per heavy atom. The average molecular weight is 316 g/mol. The summed E-state index contributed by atoms with van der Waals surface area (Å²) in [5.41, 5.74) is 1.84. The lowest BCUT2D eigenvalue weighted by molar-refractivity contribution is 0.194. The fourth-order valence-corrected chi connectivity index (χ4v) is 2.23. The van der Waals surface area contributed by atoms with Gasteiger partial charge in [0, 0.05) is 13.6 Å². The number of benzene rings is 2. The SMILES string of the molecule is COc1cccc(CNC(=O)N(C)C(C)c2ccc(F)cc2)c1. The summed E-state index contributed by atoms with van der Waals surface area (Å²) in [6.07, 6.45) is 0. The molecule has 5 heteroatoms. The molecule has 0 aliphatic heterocycles. The maximum absolute atomic E-state index is 13.0. The van der Waals surface area contributed by atoms with Gasteiger partial charge in [-0.3, -0.25) is 0 Å². The Labute approximate surface area is 135 Å². The van der Waals surface area contributed by atoms with Crippen LogP contribution < -0.4 is 10.1 Å². The van der Waals surface area contributed by atoms with Gasteiger partial charge in [-0.1, -0.05) is 24.3 Å². The maximum atomic E-state index is 13.0. The highest BCUT2D eigenvalue weighted by Crippen LogP contribution is 2.19. The second kappa shape index (κ2) is 7.63. The van der Waals surface area contributed by atoms with Crippen LogP contribution in [-0.2, 0) is 6.54 Å². The van der Waals surface area contributed by atoms with E-state index in [4.69, 9.17) is 4.74 Å². The lowest BCUT2D eigenvalue weighted by atomic mass is 10.1. The molecular formula is C18H21FN2O2. The Morgan fingerprint density at radius 1 is 1.26 bits per heavy atom. The van der Waals surface area contributed by atoms with Crippen molar-refractivity contribution in [1.82, 2.24) is 10.2 Å². The fourth-order valence-electron chi connectivity index (χ4n) is 2.23. The molecule has 0 bridgehead atoms. The minimum Gasteiger partial charge on any atom is -0.497 e. The summed E-state index contributed by atoms with van der Waals surface area (Å²) in [6, 6.07) is 13.4. The van der Waals surface area contributed by atoms with Crippen LogP contribution in [0, 0.1) is 5.82 Å². The van der Waals surface area contributed by atoms with Crippen molar-refractivity contribution in [2.75, 3.05) is 14.2 Å². The van der Waals surface area contributed by atoms with Crippen molar-refractivity contribution in [1.29, 1.82) is 0 Å². The summed E-state index contributed by atoms with van der Waals surface area (Å²) in [5.74, 6) is 0.468. The topological polar surface area (TPSA) is 41.6 Å². The van der Waals surface area contributed by atoms with Gasteiger partial charge in [0.1, 0.15) is 11.6 Å². The van der Waals surface area contributed by atoms with Crippen molar-refractivity contribution in [3.63, 3.8) is 0 Å². The first-order valence-electron chi connectivity index (χ1n) is 7.40. The summed E-state index contributed by atoms with van der Waals surface area (Å²) < 4.78 is 18.1. The molecular weight excluding hydrogens is 295 g/mol. The molecule has 2 aromatic carbocycles. The molecule has 4 nitrogen and oxygen atoms in total. The minimum absolute atomic E-state index is 0.152. The second-order valence-electron chi connectivity index (χ2n) is 5.35. The minimum atomic E-state index is -0.286. The number of ether oxygens (including phenoxy) is 1. The van der Waals surface area contributed by atoms with E-state index in [0.29, 0.717) is 6.54 Å². The molecule has 0 radical (unpaired) electrons. The average Bonchev–Trinajstić information content (AvgIpc) is 2.59. The van der Waals surface area contributed by atoms with E-state index < -0.39 is 0 Å². The van der Waals surface area contributed by atoms with E-state index >= 15 is 0 Å². The summed E-state index contributed by atoms with van der Waals surface area (Å²) in [4.78, 5) is 13.9. The molecule has 1 atom stereocenters. The van der Waals surface area contributed by atoms with Crippen molar-refractivity contribution in [3.05, 3.63) is 65.5 Å². The number of carbonyl (C=O) groups excluding carboxylic acids is 1. The number of halogens is 1. The van der Waals surface area contributed by atoms with Crippen LogP contribution in [0.4, 0.5) is 9.18 Å². The van der Waals surface area contributed by atoms with Crippen LogP contribution in [0.2, 0.25) is 0 Å². The van der Waals surface area contributed by atoms with Crippen LogP contribution in [0.3, 0.4) is 0 Å². The van der Waals surface area contributed by atoms with Crippen molar-refractivity contribution >= 4 is 6.03 Å². The Morgan fingerprint density at radius 2 is 1.96 bits per heavy atom. The third-order valence-electron chi connectivity index (χ3n) is 3.83. The number of nitrogens with zero attached hydrogens (tertiary/aromatic N) is 1. The quantitative estimate of drug-likeness (QED) is 0.913. The summed E-state index contributed by atoms with van der Waals surface area (Å²) in [6.45, 7) is 2.31. The van der Waals surface area contributed by atoms with Gasteiger partial charge in [0.2, 0.25) is 0 Å². The van der Waals surface area contributed by atoms with E-state index in [1.54, 1.807) is 31.2 Å². The van der Waals surface area contributed by atoms with Gasteiger partial charge in [0.25, 0.3) is 0 Å². The van der Waals surface area contributed by atoms with E-state index in [0.717, 1.165) is 16.9 Å². The Kier molecular flexibility index (Phi) is 5.57. The van der Waals surface area contributed by atoms with Crippen LogP contribution in [0.15, 0.2) is 48.5 Å².